The van der Waals surface area contributed by atoms with Crippen molar-refractivity contribution in [1.82, 2.24) is 15.0 Å². The van der Waals surface area contributed by atoms with Crippen LogP contribution in [0.2, 0.25) is 0 Å². The molecular weight excluding hydrogens is 292 g/mol. The number of nitrogen functional groups attached to an aromatic ring is 1. The van der Waals surface area contributed by atoms with Gasteiger partial charge in [-0.05, 0) is 25.7 Å². The number of nitrogens with zero attached hydrogens (tertiary/aromatic N) is 4. The molecule has 1 aliphatic carbocycles. The van der Waals surface area contributed by atoms with Crippen LogP contribution in [0.3, 0.4) is 0 Å². The van der Waals surface area contributed by atoms with Crippen LogP contribution < -0.4 is 11.1 Å². The Morgan fingerprint density at radius 2 is 2.24 bits per heavy atom. The molecule has 0 saturated heterocycles. The summed E-state index contributed by atoms with van der Waals surface area (Å²) in [4.78, 5) is 23.6. The molecule has 8 nitrogen and oxygen atoms in total. The van der Waals surface area contributed by atoms with Crippen molar-refractivity contribution in [2.75, 3.05) is 11.1 Å². The molecule has 1 fully saturated rings. The fourth-order valence-electron chi connectivity index (χ4n) is 2.06. The van der Waals surface area contributed by atoms with Crippen molar-refractivity contribution in [3.05, 3.63) is 32.4 Å². The number of nitrogens with one attached hydrogen (secondary N) is 1. The van der Waals surface area contributed by atoms with Crippen LogP contribution in [0.25, 0.3) is 0 Å². The number of aromatic nitrogens is 3. The standard InChI is InChI=1S/C12H14N6O2S/c1-6-4-14-11(21-6)9(7-2-3-7)16-12-15-5-8(18(19)20)10(13)17-12/h4-5,7,9H,2-3H2,1H3,(H3,13,15,16,17). The maximum Gasteiger partial charge on any atom is 0.329 e. The molecule has 2 heterocycles. The van der Waals surface area contributed by atoms with E-state index in [0.717, 1.165) is 28.9 Å². The van der Waals surface area contributed by atoms with E-state index in [0.29, 0.717) is 11.9 Å². The minimum Gasteiger partial charge on any atom is -0.378 e. The van der Waals surface area contributed by atoms with Gasteiger partial charge in [0.05, 0.1) is 11.0 Å². The van der Waals surface area contributed by atoms with E-state index in [4.69, 9.17) is 5.73 Å². The third kappa shape index (κ3) is 2.92. The Bertz CT molecular complexity index is 684. The van der Waals surface area contributed by atoms with Crippen LogP contribution >= 0.6 is 11.3 Å². The number of rotatable bonds is 5. The Morgan fingerprint density at radius 1 is 1.48 bits per heavy atom. The largest absolute Gasteiger partial charge is 0.378 e. The number of nitrogens with two attached hydrogens (primary N) is 1. The van der Waals surface area contributed by atoms with Gasteiger partial charge < -0.3 is 11.1 Å². The molecule has 3 N–H and O–H groups in total. The number of anilines is 2. The van der Waals surface area contributed by atoms with Gasteiger partial charge in [-0.25, -0.2) is 9.97 Å². The normalized spacial score (nSPS) is 15.7. The van der Waals surface area contributed by atoms with Crippen molar-refractivity contribution in [3.8, 4) is 0 Å². The lowest BCUT2D eigenvalue weighted by atomic mass is 10.2. The Labute approximate surface area is 124 Å². The maximum atomic E-state index is 10.7. The lowest BCUT2D eigenvalue weighted by molar-refractivity contribution is -0.384. The van der Waals surface area contributed by atoms with Crippen LogP contribution in [0.1, 0.15) is 28.8 Å². The van der Waals surface area contributed by atoms with Gasteiger partial charge in [-0.2, -0.15) is 4.98 Å². The van der Waals surface area contributed by atoms with Crippen LogP contribution in [0.15, 0.2) is 12.4 Å². The minimum atomic E-state index is -0.596. The highest BCUT2D eigenvalue weighted by molar-refractivity contribution is 7.11. The first kappa shape index (κ1) is 13.7. The summed E-state index contributed by atoms with van der Waals surface area (Å²) in [5.74, 6) is 0.654. The fraction of sp³-hybridized carbons (Fsp3) is 0.417. The van der Waals surface area contributed by atoms with Crippen LogP contribution in [-0.4, -0.2) is 19.9 Å². The zero-order valence-electron chi connectivity index (χ0n) is 11.3. The first-order chi connectivity index (χ1) is 10.0. The summed E-state index contributed by atoms with van der Waals surface area (Å²) >= 11 is 1.63. The first-order valence-corrected chi connectivity index (χ1v) is 7.32. The maximum absolute atomic E-state index is 10.7. The van der Waals surface area contributed by atoms with Crippen molar-refractivity contribution in [3.63, 3.8) is 0 Å². The molecule has 2 aromatic heterocycles. The van der Waals surface area contributed by atoms with E-state index in [9.17, 15) is 10.1 Å². The van der Waals surface area contributed by atoms with E-state index in [1.807, 2.05) is 13.1 Å². The predicted molar refractivity (Wildman–Crippen MR) is 79.0 cm³/mol. The second kappa shape index (κ2) is 5.24. The van der Waals surface area contributed by atoms with Gasteiger partial charge >= 0.3 is 5.69 Å². The third-order valence-corrected chi connectivity index (χ3v) is 4.27. The summed E-state index contributed by atoms with van der Waals surface area (Å²) < 4.78 is 0. The van der Waals surface area contributed by atoms with Crippen molar-refractivity contribution >= 4 is 28.8 Å². The second-order valence-electron chi connectivity index (χ2n) is 4.99. The molecule has 9 heteroatoms. The van der Waals surface area contributed by atoms with Gasteiger partial charge in [0.25, 0.3) is 0 Å². The summed E-state index contributed by atoms with van der Waals surface area (Å²) in [7, 11) is 0. The highest BCUT2D eigenvalue weighted by atomic mass is 32.1. The van der Waals surface area contributed by atoms with Crippen LogP contribution in [0, 0.1) is 23.0 Å². The predicted octanol–water partition coefficient (Wildman–Crippen LogP) is 2.30. The monoisotopic (exact) mass is 306 g/mol. The van der Waals surface area contributed by atoms with Crippen LogP contribution in [-0.2, 0) is 0 Å². The lowest BCUT2D eigenvalue weighted by Gasteiger charge is -2.15. The summed E-state index contributed by atoms with van der Waals surface area (Å²) in [6.07, 6.45) is 5.21. The van der Waals surface area contributed by atoms with Gasteiger partial charge in [0.1, 0.15) is 11.2 Å². The van der Waals surface area contributed by atoms with Crippen LogP contribution in [0.5, 0.6) is 0 Å². The molecule has 0 amide bonds. The molecular formula is C12H14N6O2S. The summed E-state index contributed by atoms with van der Waals surface area (Å²) in [6, 6.07) is 0.0320. The molecule has 0 aromatic carbocycles. The lowest BCUT2D eigenvalue weighted by Crippen LogP contribution is -2.15. The Hall–Kier alpha value is -2.29. The smallest absolute Gasteiger partial charge is 0.329 e. The quantitative estimate of drug-likeness (QED) is 0.642. The van der Waals surface area contributed by atoms with Gasteiger partial charge in [0, 0.05) is 11.1 Å². The summed E-state index contributed by atoms with van der Waals surface area (Å²) in [6.45, 7) is 2.01. The molecule has 110 valence electrons. The SMILES string of the molecule is Cc1cnc(C(Nc2ncc([N+](=O)[O-])c(N)n2)C2CC2)s1. The van der Waals surface area contributed by atoms with Crippen molar-refractivity contribution < 1.29 is 4.92 Å². The molecule has 1 saturated carbocycles. The number of nitro groups is 1. The molecule has 0 bridgehead atoms. The van der Waals surface area contributed by atoms with E-state index in [2.05, 4.69) is 20.3 Å². The Morgan fingerprint density at radius 3 is 2.76 bits per heavy atom. The van der Waals surface area contributed by atoms with Crippen molar-refractivity contribution in [2.45, 2.75) is 25.8 Å². The minimum absolute atomic E-state index is 0.0320. The molecule has 1 aliphatic rings. The number of hydrogen-bond acceptors (Lipinski definition) is 8. The molecule has 2 aromatic rings. The van der Waals surface area contributed by atoms with Crippen molar-refractivity contribution in [2.24, 2.45) is 5.92 Å². The van der Waals surface area contributed by atoms with Crippen LogP contribution in [0.4, 0.5) is 17.5 Å². The van der Waals surface area contributed by atoms with Gasteiger partial charge in [-0.1, -0.05) is 0 Å². The summed E-state index contributed by atoms with van der Waals surface area (Å²) in [5, 5.41) is 14.9. The fourth-order valence-corrected chi connectivity index (χ4v) is 2.98. The molecule has 0 radical (unpaired) electrons. The number of hydrogen-bond donors (Lipinski definition) is 2. The molecule has 1 unspecified atom stereocenters. The number of thiazole rings is 1. The zero-order valence-corrected chi connectivity index (χ0v) is 12.1. The molecule has 0 aliphatic heterocycles. The second-order valence-corrected chi connectivity index (χ2v) is 6.26. The number of aryl methyl sites for hydroxylation is 1. The highest BCUT2D eigenvalue weighted by Gasteiger charge is 2.35. The average molecular weight is 306 g/mol. The zero-order chi connectivity index (χ0) is 15.0. The van der Waals surface area contributed by atoms with E-state index >= 15 is 0 Å². The molecule has 3 rings (SSSR count). The topological polar surface area (TPSA) is 120 Å². The van der Waals surface area contributed by atoms with E-state index in [1.165, 1.54) is 0 Å². The van der Waals surface area contributed by atoms with Gasteiger partial charge in [0.2, 0.25) is 11.8 Å². The Balaban J connectivity index is 1.83. The van der Waals surface area contributed by atoms with E-state index in [1.54, 1.807) is 11.3 Å². The Kier molecular flexibility index (Phi) is 3.42. The third-order valence-electron chi connectivity index (χ3n) is 3.28. The van der Waals surface area contributed by atoms with Gasteiger partial charge in [0.15, 0.2) is 0 Å². The molecule has 21 heavy (non-hydrogen) atoms. The molecule has 1 atom stereocenters. The van der Waals surface area contributed by atoms with Gasteiger partial charge in [-0.15, -0.1) is 11.3 Å². The average Bonchev–Trinajstić information content (AvgIpc) is 3.17. The first-order valence-electron chi connectivity index (χ1n) is 6.50. The van der Waals surface area contributed by atoms with Crippen molar-refractivity contribution in [1.29, 1.82) is 0 Å². The van der Waals surface area contributed by atoms with E-state index in [-0.39, 0.29) is 17.5 Å². The molecule has 0 spiro atoms. The highest BCUT2D eigenvalue weighted by Crippen LogP contribution is 2.43. The van der Waals surface area contributed by atoms with Gasteiger partial charge in [-0.3, -0.25) is 10.1 Å². The van der Waals surface area contributed by atoms with E-state index < -0.39 is 4.92 Å². The summed E-state index contributed by atoms with van der Waals surface area (Å²) in [5.41, 5.74) is 5.30.